The Bertz CT molecular complexity index is 1330. The highest BCUT2D eigenvalue weighted by Crippen LogP contribution is 2.30. The van der Waals surface area contributed by atoms with Crippen LogP contribution in [0.1, 0.15) is 17.3 Å². The van der Waals surface area contributed by atoms with Crippen molar-refractivity contribution in [2.24, 2.45) is 0 Å². The molecule has 0 aliphatic rings. The average Bonchev–Trinajstić information content (AvgIpc) is 3.16. The van der Waals surface area contributed by atoms with Gasteiger partial charge in [0, 0.05) is 16.5 Å². The fourth-order valence-electron chi connectivity index (χ4n) is 3.17. The lowest BCUT2D eigenvalue weighted by Gasteiger charge is -2.10. The van der Waals surface area contributed by atoms with E-state index in [-0.39, 0.29) is 23.7 Å². The molecule has 0 aliphatic carbocycles. The maximum Gasteiger partial charge on any atom is 0.263 e. The third kappa shape index (κ3) is 3.77. The van der Waals surface area contributed by atoms with Crippen molar-refractivity contribution in [3.05, 3.63) is 82.0 Å². The summed E-state index contributed by atoms with van der Waals surface area (Å²) in [6, 6.07) is 12.5. The molecule has 0 unspecified atom stereocenters. The van der Waals surface area contributed by atoms with Crippen LogP contribution in [0.25, 0.3) is 21.3 Å². The first-order valence-corrected chi connectivity index (χ1v) is 9.94. The van der Waals surface area contributed by atoms with Crippen LogP contribution in [0.15, 0.2) is 65.0 Å². The van der Waals surface area contributed by atoms with Crippen molar-refractivity contribution in [2.75, 3.05) is 5.32 Å². The van der Waals surface area contributed by atoms with Gasteiger partial charge >= 0.3 is 0 Å². The van der Waals surface area contributed by atoms with Crippen molar-refractivity contribution < 1.29 is 14.0 Å². The number of aromatic nitrogens is 2. The van der Waals surface area contributed by atoms with Gasteiger partial charge in [0.1, 0.15) is 17.2 Å². The van der Waals surface area contributed by atoms with Crippen LogP contribution in [-0.2, 0) is 11.3 Å². The van der Waals surface area contributed by atoms with Crippen LogP contribution in [0.4, 0.5) is 10.1 Å². The van der Waals surface area contributed by atoms with Gasteiger partial charge in [-0.25, -0.2) is 9.37 Å². The predicted molar refractivity (Wildman–Crippen MR) is 114 cm³/mol. The van der Waals surface area contributed by atoms with Crippen LogP contribution in [0.2, 0.25) is 0 Å². The smallest absolute Gasteiger partial charge is 0.263 e. The summed E-state index contributed by atoms with van der Waals surface area (Å²) in [4.78, 5) is 42.1. The second-order valence-electron chi connectivity index (χ2n) is 6.66. The quantitative estimate of drug-likeness (QED) is 0.492. The zero-order valence-electron chi connectivity index (χ0n) is 15.9. The highest BCUT2D eigenvalue weighted by atomic mass is 32.1. The number of nitrogens with one attached hydrogen (secondary N) is 1. The maximum atomic E-state index is 13.2. The zero-order chi connectivity index (χ0) is 21.3. The number of fused-ring (bicyclic) bond motifs is 1. The molecule has 4 rings (SSSR count). The highest BCUT2D eigenvalue weighted by molar-refractivity contribution is 7.17. The number of ketones is 1. The number of rotatable bonds is 5. The molecule has 0 saturated carbocycles. The molecule has 0 saturated heterocycles. The Morgan fingerprint density at radius 2 is 1.87 bits per heavy atom. The number of carbonyl (C=O) groups is 2. The van der Waals surface area contributed by atoms with Crippen molar-refractivity contribution in [3.8, 4) is 11.1 Å². The molecule has 30 heavy (non-hydrogen) atoms. The summed E-state index contributed by atoms with van der Waals surface area (Å²) in [5.41, 5.74) is 1.75. The lowest BCUT2D eigenvalue weighted by Crippen LogP contribution is -2.28. The molecule has 0 fully saturated rings. The van der Waals surface area contributed by atoms with E-state index in [1.54, 1.807) is 41.8 Å². The second-order valence-corrected chi connectivity index (χ2v) is 7.52. The Balaban J connectivity index is 1.65. The van der Waals surface area contributed by atoms with E-state index in [1.807, 2.05) is 0 Å². The average molecular weight is 421 g/mol. The van der Waals surface area contributed by atoms with E-state index in [0.717, 1.165) is 0 Å². The van der Waals surface area contributed by atoms with E-state index in [1.165, 1.54) is 41.3 Å². The minimum atomic E-state index is -0.453. The third-order valence-electron chi connectivity index (χ3n) is 4.61. The number of thiophene rings is 1. The number of carbonyl (C=O) groups excluding carboxylic acids is 2. The normalized spacial score (nSPS) is 10.9. The molecular weight excluding hydrogens is 405 g/mol. The van der Waals surface area contributed by atoms with Crippen LogP contribution >= 0.6 is 11.3 Å². The number of hydrogen-bond acceptors (Lipinski definition) is 5. The minimum absolute atomic E-state index is 0.173. The van der Waals surface area contributed by atoms with Gasteiger partial charge in [-0.2, -0.15) is 0 Å². The molecule has 2 aromatic heterocycles. The fraction of sp³-hybridized carbons (Fsp3) is 0.0909. The number of Topliss-reactive ketones (excluding diaryl/α,β-unsaturated/α-hetero) is 1. The number of halogens is 1. The molecular formula is C22H16FN3O3S. The number of benzene rings is 2. The van der Waals surface area contributed by atoms with Gasteiger partial charge in [0.05, 0.1) is 17.4 Å². The van der Waals surface area contributed by atoms with E-state index in [4.69, 9.17) is 0 Å². The Morgan fingerprint density at radius 3 is 2.60 bits per heavy atom. The Labute approximate surface area is 174 Å². The number of amides is 1. The summed E-state index contributed by atoms with van der Waals surface area (Å²) in [5, 5.41) is 4.85. The summed E-state index contributed by atoms with van der Waals surface area (Å²) in [6.07, 6.45) is 1.33. The van der Waals surface area contributed by atoms with Crippen molar-refractivity contribution in [1.82, 2.24) is 9.55 Å². The third-order valence-corrected chi connectivity index (χ3v) is 5.50. The molecule has 8 heteroatoms. The first-order valence-electron chi connectivity index (χ1n) is 9.06. The standard InChI is InChI=1S/C22H16FN3O3S/c1-13(27)16-4-2-3-5-18(16)25-19(28)10-26-12-24-21-20(22(26)29)17(11-30-21)14-6-8-15(23)9-7-14/h2-9,11-12H,10H2,1H3,(H,25,28). The van der Waals surface area contributed by atoms with Crippen molar-refractivity contribution >= 4 is 38.9 Å². The van der Waals surface area contributed by atoms with E-state index in [0.29, 0.717) is 32.6 Å². The van der Waals surface area contributed by atoms with Gasteiger partial charge in [0.15, 0.2) is 5.78 Å². The van der Waals surface area contributed by atoms with Gasteiger partial charge in [-0.05, 0) is 36.8 Å². The molecule has 0 bridgehead atoms. The molecule has 2 aromatic carbocycles. The number of anilines is 1. The monoisotopic (exact) mass is 421 g/mol. The van der Waals surface area contributed by atoms with Crippen LogP contribution in [0.3, 0.4) is 0 Å². The fourth-order valence-corrected chi connectivity index (χ4v) is 4.07. The van der Waals surface area contributed by atoms with Crippen LogP contribution < -0.4 is 10.9 Å². The van der Waals surface area contributed by atoms with E-state index < -0.39 is 5.91 Å². The lowest BCUT2D eigenvalue weighted by molar-refractivity contribution is -0.116. The van der Waals surface area contributed by atoms with Crippen LogP contribution in [0.5, 0.6) is 0 Å². The summed E-state index contributed by atoms with van der Waals surface area (Å²) in [6.45, 7) is 1.16. The summed E-state index contributed by atoms with van der Waals surface area (Å²) < 4.78 is 14.5. The molecule has 1 N–H and O–H groups in total. The number of hydrogen-bond donors (Lipinski definition) is 1. The summed E-state index contributed by atoms with van der Waals surface area (Å²) in [5.74, 6) is -0.991. The number of nitrogens with zero attached hydrogens (tertiary/aromatic N) is 2. The van der Waals surface area contributed by atoms with Crippen LogP contribution in [0, 0.1) is 5.82 Å². The van der Waals surface area contributed by atoms with E-state index >= 15 is 0 Å². The zero-order valence-corrected chi connectivity index (χ0v) is 16.7. The molecule has 0 aliphatic heterocycles. The van der Waals surface area contributed by atoms with Crippen molar-refractivity contribution in [2.45, 2.75) is 13.5 Å². The van der Waals surface area contributed by atoms with Crippen molar-refractivity contribution in [3.63, 3.8) is 0 Å². The molecule has 150 valence electrons. The molecule has 1 amide bonds. The minimum Gasteiger partial charge on any atom is -0.324 e. The summed E-state index contributed by atoms with van der Waals surface area (Å²) >= 11 is 1.31. The maximum absolute atomic E-state index is 13.2. The van der Waals surface area contributed by atoms with E-state index in [9.17, 15) is 18.8 Å². The number of para-hydroxylation sites is 1. The van der Waals surface area contributed by atoms with Gasteiger partial charge in [-0.15, -0.1) is 11.3 Å². The Hall–Kier alpha value is -3.65. The van der Waals surface area contributed by atoms with Gasteiger partial charge in [-0.1, -0.05) is 24.3 Å². The SMILES string of the molecule is CC(=O)c1ccccc1NC(=O)Cn1cnc2scc(-c3ccc(F)cc3)c2c1=O. The van der Waals surface area contributed by atoms with Crippen LogP contribution in [-0.4, -0.2) is 21.2 Å². The Kier molecular flexibility index (Phi) is 5.24. The topological polar surface area (TPSA) is 81.1 Å². The highest BCUT2D eigenvalue weighted by Gasteiger charge is 2.16. The predicted octanol–water partition coefficient (Wildman–Crippen LogP) is 4.11. The van der Waals surface area contributed by atoms with Gasteiger partial charge in [-0.3, -0.25) is 19.0 Å². The summed E-state index contributed by atoms with van der Waals surface area (Å²) in [7, 11) is 0. The van der Waals surface area contributed by atoms with Gasteiger partial charge in [0.25, 0.3) is 5.56 Å². The molecule has 4 aromatic rings. The molecule has 2 heterocycles. The molecule has 0 radical (unpaired) electrons. The first kappa shape index (κ1) is 19.7. The second kappa shape index (κ2) is 8.00. The van der Waals surface area contributed by atoms with Gasteiger partial charge < -0.3 is 5.32 Å². The largest absolute Gasteiger partial charge is 0.324 e. The molecule has 6 nitrogen and oxygen atoms in total. The van der Waals surface area contributed by atoms with Gasteiger partial charge in [0.2, 0.25) is 5.91 Å². The Morgan fingerprint density at radius 1 is 1.13 bits per heavy atom. The first-order chi connectivity index (χ1) is 14.4. The molecule has 0 spiro atoms. The van der Waals surface area contributed by atoms with Crippen molar-refractivity contribution in [1.29, 1.82) is 0 Å². The molecule has 0 atom stereocenters. The van der Waals surface area contributed by atoms with E-state index in [2.05, 4.69) is 10.3 Å². The lowest BCUT2D eigenvalue weighted by atomic mass is 10.1.